The van der Waals surface area contributed by atoms with E-state index in [4.69, 9.17) is 27.3 Å². The molecule has 6 heteroatoms. The molecule has 0 atom stereocenters. The molecule has 0 radical (unpaired) electrons. The fraction of sp³-hybridized carbons (Fsp3) is 0. The lowest BCUT2D eigenvalue weighted by Crippen LogP contribution is -2.14. The minimum absolute atomic E-state index is 0.0172. The van der Waals surface area contributed by atoms with Crippen LogP contribution < -0.4 is 10.5 Å². The number of nitrogens with zero attached hydrogens (tertiary/aromatic N) is 1. The van der Waals surface area contributed by atoms with Crippen LogP contribution in [0.15, 0.2) is 52.1 Å². The van der Waals surface area contributed by atoms with Crippen LogP contribution >= 0.6 is 27.5 Å². The van der Waals surface area contributed by atoms with E-state index in [1.807, 2.05) is 0 Å². The van der Waals surface area contributed by atoms with Gasteiger partial charge in [0.1, 0.15) is 11.5 Å². The van der Waals surface area contributed by atoms with Crippen molar-refractivity contribution < 1.29 is 9.94 Å². The van der Waals surface area contributed by atoms with Crippen LogP contribution in [0.3, 0.4) is 0 Å². The predicted octanol–water partition coefficient (Wildman–Crippen LogP) is 3.99. The molecule has 0 unspecified atom stereocenters. The van der Waals surface area contributed by atoms with Crippen LogP contribution in [0.5, 0.6) is 11.5 Å². The number of hydrogen-bond donors (Lipinski definition) is 2. The van der Waals surface area contributed by atoms with Crippen molar-refractivity contribution in [2.45, 2.75) is 0 Å². The number of rotatable bonds is 3. The number of halogens is 2. The first-order valence-corrected chi connectivity index (χ1v) is 6.48. The van der Waals surface area contributed by atoms with Gasteiger partial charge in [0.15, 0.2) is 5.84 Å². The Morgan fingerprint density at radius 3 is 2.53 bits per heavy atom. The molecule has 98 valence electrons. The first-order chi connectivity index (χ1) is 9.10. The third kappa shape index (κ3) is 3.39. The van der Waals surface area contributed by atoms with Gasteiger partial charge in [-0.25, -0.2) is 0 Å². The molecule has 0 saturated heterocycles. The van der Waals surface area contributed by atoms with Crippen LogP contribution in [0.1, 0.15) is 5.56 Å². The van der Waals surface area contributed by atoms with Crippen LogP contribution in [0.2, 0.25) is 5.02 Å². The molecule has 0 aliphatic heterocycles. The highest BCUT2D eigenvalue weighted by Crippen LogP contribution is 2.29. The van der Waals surface area contributed by atoms with E-state index in [1.165, 1.54) is 0 Å². The summed E-state index contributed by atoms with van der Waals surface area (Å²) in [6.07, 6.45) is 0. The summed E-state index contributed by atoms with van der Waals surface area (Å²) in [5.41, 5.74) is 6.11. The highest BCUT2D eigenvalue weighted by atomic mass is 79.9. The van der Waals surface area contributed by atoms with Crippen molar-refractivity contribution in [2.24, 2.45) is 10.9 Å². The second-order valence-corrected chi connectivity index (χ2v) is 5.03. The quantitative estimate of drug-likeness (QED) is 0.384. The van der Waals surface area contributed by atoms with Crippen molar-refractivity contribution >= 4 is 33.4 Å². The molecular formula is C13H10BrClN2O2. The van der Waals surface area contributed by atoms with E-state index in [0.29, 0.717) is 22.1 Å². The van der Waals surface area contributed by atoms with Gasteiger partial charge in [0.25, 0.3) is 0 Å². The smallest absolute Gasteiger partial charge is 0.173 e. The molecule has 0 saturated carbocycles. The highest BCUT2D eigenvalue weighted by molar-refractivity contribution is 9.10. The van der Waals surface area contributed by atoms with Gasteiger partial charge in [-0.05, 0) is 42.5 Å². The maximum Gasteiger partial charge on any atom is 0.173 e. The van der Waals surface area contributed by atoms with E-state index >= 15 is 0 Å². The Kier molecular flexibility index (Phi) is 4.29. The highest BCUT2D eigenvalue weighted by Gasteiger charge is 2.10. The zero-order valence-corrected chi connectivity index (χ0v) is 12.0. The van der Waals surface area contributed by atoms with Crippen LogP contribution in [0.4, 0.5) is 0 Å². The molecule has 3 N–H and O–H groups in total. The molecule has 0 aliphatic rings. The second kappa shape index (κ2) is 5.95. The zero-order valence-electron chi connectivity index (χ0n) is 9.68. The average Bonchev–Trinajstić information content (AvgIpc) is 2.41. The number of ether oxygens (including phenoxy) is 1. The van der Waals surface area contributed by atoms with Crippen LogP contribution in [0, 0.1) is 0 Å². The first-order valence-electron chi connectivity index (χ1n) is 5.31. The molecule has 0 amide bonds. The van der Waals surface area contributed by atoms with Gasteiger partial charge in [-0.2, -0.15) is 0 Å². The van der Waals surface area contributed by atoms with E-state index in [-0.39, 0.29) is 5.84 Å². The Morgan fingerprint density at radius 2 is 1.89 bits per heavy atom. The maximum absolute atomic E-state index is 8.76. The molecule has 2 rings (SSSR count). The van der Waals surface area contributed by atoms with E-state index < -0.39 is 0 Å². The molecule has 2 aromatic carbocycles. The topological polar surface area (TPSA) is 67.8 Å². The van der Waals surface area contributed by atoms with Gasteiger partial charge in [0, 0.05) is 9.50 Å². The second-order valence-electron chi connectivity index (χ2n) is 3.68. The number of benzene rings is 2. The predicted molar refractivity (Wildman–Crippen MR) is 78.2 cm³/mol. The Labute approximate surface area is 123 Å². The van der Waals surface area contributed by atoms with Gasteiger partial charge in [0.2, 0.25) is 0 Å². The number of oxime groups is 1. The lowest BCUT2D eigenvalue weighted by Gasteiger charge is -2.10. The van der Waals surface area contributed by atoms with Crippen molar-refractivity contribution in [1.82, 2.24) is 0 Å². The molecule has 19 heavy (non-hydrogen) atoms. The van der Waals surface area contributed by atoms with Gasteiger partial charge in [-0.1, -0.05) is 32.7 Å². The lowest BCUT2D eigenvalue weighted by atomic mass is 10.2. The van der Waals surface area contributed by atoms with Crippen molar-refractivity contribution in [2.75, 3.05) is 0 Å². The first kappa shape index (κ1) is 13.7. The van der Waals surface area contributed by atoms with E-state index in [9.17, 15) is 0 Å². The summed E-state index contributed by atoms with van der Waals surface area (Å²) in [5.74, 6) is 1.07. The van der Waals surface area contributed by atoms with Crippen LogP contribution in [-0.4, -0.2) is 11.0 Å². The summed E-state index contributed by atoms with van der Waals surface area (Å²) >= 11 is 9.16. The Balaban J connectivity index is 2.38. The van der Waals surface area contributed by atoms with Crippen molar-refractivity contribution in [3.05, 3.63) is 57.5 Å². The van der Waals surface area contributed by atoms with Crippen molar-refractivity contribution in [3.63, 3.8) is 0 Å². The maximum atomic E-state index is 8.76. The largest absolute Gasteiger partial charge is 0.457 e. The average molecular weight is 342 g/mol. The van der Waals surface area contributed by atoms with E-state index in [1.54, 1.807) is 42.5 Å². The molecule has 0 aliphatic carbocycles. The molecule has 0 spiro atoms. The zero-order chi connectivity index (χ0) is 13.8. The number of hydrogen-bond acceptors (Lipinski definition) is 3. The van der Waals surface area contributed by atoms with Crippen LogP contribution in [-0.2, 0) is 0 Å². The summed E-state index contributed by atoms with van der Waals surface area (Å²) in [7, 11) is 0. The molecule has 0 heterocycles. The molecule has 2 aromatic rings. The Bertz CT molecular complexity index is 615. The minimum atomic E-state index is -0.0172. The monoisotopic (exact) mass is 340 g/mol. The van der Waals surface area contributed by atoms with Crippen molar-refractivity contribution in [3.8, 4) is 11.5 Å². The third-order valence-electron chi connectivity index (χ3n) is 2.37. The van der Waals surface area contributed by atoms with Gasteiger partial charge >= 0.3 is 0 Å². The van der Waals surface area contributed by atoms with Gasteiger partial charge < -0.3 is 15.7 Å². The third-order valence-corrected chi connectivity index (χ3v) is 3.11. The summed E-state index contributed by atoms with van der Waals surface area (Å²) in [5, 5.41) is 12.4. The molecular weight excluding hydrogens is 332 g/mol. The van der Waals surface area contributed by atoms with Crippen molar-refractivity contribution in [1.29, 1.82) is 0 Å². The summed E-state index contributed by atoms with van der Waals surface area (Å²) in [6.45, 7) is 0. The molecule has 0 fully saturated rings. The fourth-order valence-electron chi connectivity index (χ4n) is 1.48. The fourth-order valence-corrected chi connectivity index (χ4v) is 1.94. The van der Waals surface area contributed by atoms with Gasteiger partial charge in [0.05, 0.1) is 5.56 Å². The normalized spacial score (nSPS) is 11.4. The van der Waals surface area contributed by atoms with E-state index in [2.05, 4.69) is 21.1 Å². The lowest BCUT2D eigenvalue weighted by molar-refractivity contribution is 0.318. The van der Waals surface area contributed by atoms with Gasteiger partial charge in [-0.3, -0.25) is 0 Å². The Morgan fingerprint density at radius 1 is 1.21 bits per heavy atom. The minimum Gasteiger partial charge on any atom is -0.457 e. The Hall–Kier alpha value is -1.72. The number of amidine groups is 1. The summed E-state index contributed by atoms with van der Waals surface area (Å²) < 4.78 is 6.53. The van der Waals surface area contributed by atoms with Crippen LogP contribution in [0.25, 0.3) is 0 Å². The van der Waals surface area contributed by atoms with Gasteiger partial charge in [-0.15, -0.1) is 0 Å². The molecule has 0 aromatic heterocycles. The van der Waals surface area contributed by atoms with E-state index in [0.717, 1.165) is 4.47 Å². The SMILES string of the molecule is N/C(=N/O)c1ccc(Br)cc1Oc1ccc(Cl)cc1. The summed E-state index contributed by atoms with van der Waals surface area (Å²) in [4.78, 5) is 0. The molecule has 4 nitrogen and oxygen atoms in total. The number of nitrogens with two attached hydrogens (primary N) is 1. The standard InChI is InChI=1S/C13H10BrClN2O2/c14-8-1-6-11(13(16)17-18)12(7-8)19-10-4-2-9(15)3-5-10/h1-7,18H,(H2,16,17). The molecule has 0 bridgehead atoms. The summed E-state index contributed by atoms with van der Waals surface area (Å²) in [6, 6.07) is 12.1.